The molecule has 0 spiro atoms. The van der Waals surface area contributed by atoms with E-state index >= 15 is 0 Å². The van der Waals surface area contributed by atoms with Crippen LogP contribution in [0.4, 0.5) is 5.13 Å². The lowest BCUT2D eigenvalue weighted by Gasteiger charge is -2.35. The number of hydrazine groups is 1. The molecule has 2 fully saturated rings. The van der Waals surface area contributed by atoms with Crippen molar-refractivity contribution in [1.29, 1.82) is 0 Å². The molecule has 2 amide bonds. The van der Waals surface area contributed by atoms with Gasteiger partial charge in [0.05, 0.1) is 12.1 Å². The zero-order valence-electron chi connectivity index (χ0n) is 15.8. The average molecular weight is 410 g/mol. The van der Waals surface area contributed by atoms with E-state index in [0.717, 1.165) is 12.8 Å². The second kappa shape index (κ2) is 8.97. The molecular weight excluding hydrogens is 382 g/mol. The Morgan fingerprint density at radius 1 is 1.33 bits per heavy atom. The van der Waals surface area contributed by atoms with Crippen molar-refractivity contribution in [2.45, 2.75) is 58.4 Å². The molecule has 1 aromatic rings. The summed E-state index contributed by atoms with van der Waals surface area (Å²) in [5, 5.41) is 6.25. The summed E-state index contributed by atoms with van der Waals surface area (Å²) in [4.78, 5) is 30.0. The van der Waals surface area contributed by atoms with Crippen molar-refractivity contribution < 1.29 is 9.59 Å². The number of thiocarbonyl (C=S) groups is 1. The van der Waals surface area contributed by atoms with Crippen molar-refractivity contribution >= 4 is 45.6 Å². The van der Waals surface area contributed by atoms with E-state index in [9.17, 15) is 9.59 Å². The fourth-order valence-corrected chi connectivity index (χ4v) is 4.75. The summed E-state index contributed by atoms with van der Waals surface area (Å²) in [6, 6.07) is 0.338. The molecule has 7 nitrogen and oxygen atoms in total. The zero-order chi connectivity index (χ0) is 19.4. The van der Waals surface area contributed by atoms with Gasteiger partial charge in [-0.1, -0.05) is 26.7 Å². The summed E-state index contributed by atoms with van der Waals surface area (Å²) in [7, 11) is 0. The Bertz CT molecular complexity index is 708. The van der Waals surface area contributed by atoms with E-state index < -0.39 is 0 Å². The topological polar surface area (TPSA) is 86.4 Å². The van der Waals surface area contributed by atoms with Crippen LogP contribution in [0.15, 0.2) is 5.38 Å². The van der Waals surface area contributed by atoms with Crippen LogP contribution in [0.5, 0.6) is 0 Å². The number of rotatable bonds is 4. The van der Waals surface area contributed by atoms with Crippen LogP contribution in [0.2, 0.25) is 0 Å². The van der Waals surface area contributed by atoms with Gasteiger partial charge in [0.25, 0.3) is 0 Å². The predicted octanol–water partition coefficient (Wildman–Crippen LogP) is 2.13. The van der Waals surface area contributed by atoms with Crippen LogP contribution < -0.4 is 21.1 Å². The third-order valence-electron chi connectivity index (χ3n) is 5.52. The molecule has 1 saturated carbocycles. The number of hydrogen-bond acceptors (Lipinski definition) is 5. The maximum Gasteiger partial charge on any atom is 0.244 e. The van der Waals surface area contributed by atoms with E-state index in [0.29, 0.717) is 46.8 Å². The minimum atomic E-state index is -0.214. The van der Waals surface area contributed by atoms with Crippen LogP contribution in [0.25, 0.3) is 0 Å². The highest BCUT2D eigenvalue weighted by molar-refractivity contribution is 7.80. The van der Waals surface area contributed by atoms with Crippen molar-refractivity contribution in [1.82, 2.24) is 21.2 Å². The Morgan fingerprint density at radius 2 is 2.15 bits per heavy atom. The van der Waals surface area contributed by atoms with E-state index in [4.69, 9.17) is 12.2 Å². The number of hydrogen-bond donors (Lipinski definition) is 3. The highest BCUT2D eigenvalue weighted by Gasteiger charge is 2.27. The van der Waals surface area contributed by atoms with Crippen LogP contribution in [-0.4, -0.2) is 34.5 Å². The standard InChI is InChI=1S/C18H27N5O2S2/c1-11-5-3-6-14(12(11)2)20-17(26)22-21-15(24)9-13-10-27-18(19-13)23-8-4-7-16(23)25/h10-12,14H,3-9H2,1-2H3,(H,21,24)(H2,20,22,26)/t11-,12-,14-/m1/s1. The summed E-state index contributed by atoms with van der Waals surface area (Å²) in [5.74, 6) is 1.12. The molecule has 148 valence electrons. The quantitative estimate of drug-likeness (QED) is 0.522. The molecule has 3 N–H and O–H groups in total. The SMILES string of the molecule is C[C@@H]1[C@H](C)CCC[C@H]1NC(=S)NNC(=O)Cc1csc(N2CCCC2=O)n1. The van der Waals surface area contributed by atoms with E-state index in [1.54, 1.807) is 4.90 Å². The van der Waals surface area contributed by atoms with Gasteiger partial charge in [-0.05, 0) is 36.9 Å². The monoisotopic (exact) mass is 409 g/mol. The number of amides is 2. The first-order chi connectivity index (χ1) is 12.9. The molecule has 0 unspecified atom stereocenters. The lowest BCUT2D eigenvalue weighted by Crippen LogP contribution is -2.52. The number of nitrogens with one attached hydrogen (secondary N) is 3. The summed E-state index contributed by atoms with van der Waals surface area (Å²) in [6.45, 7) is 5.22. The van der Waals surface area contributed by atoms with Crippen molar-refractivity contribution in [3.05, 3.63) is 11.1 Å². The Morgan fingerprint density at radius 3 is 2.89 bits per heavy atom. The minimum Gasteiger partial charge on any atom is -0.358 e. The van der Waals surface area contributed by atoms with Crippen LogP contribution >= 0.6 is 23.6 Å². The summed E-state index contributed by atoms with van der Waals surface area (Å²) >= 11 is 6.70. The summed E-state index contributed by atoms with van der Waals surface area (Å²) < 4.78 is 0. The van der Waals surface area contributed by atoms with Crippen molar-refractivity contribution in [2.24, 2.45) is 11.8 Å². The largest absolute Gasteiger partial charge is 0.358 e. The third kappa shape index (κ3) is 5.16. The van der Waals surface area contributed by atoms with Crippen LogP contribution in [0, 0.1) is 11.8 Å². The molecule has 1 saturated heterocycles. The fraction of sp³-hybridized carbons (Fsp3) is 0.667. The van der Waals surface area contributed by atoms with E-state index in [1.807, 2.05) is 5.38 Å². The Balaban J connectivity index is 1.42. The molecule has 9 heteroatoms. The molecule has 1 aliphatic carbocycles. The molecule has 2 heterocycles. The van der Waals surface area contributed by atoms with Gasteiger partial charge in [0.2, 0.25) is 11.8 Å². The van der Waals surface area contributed by atoms with Gasteiger partial charge in [-0.2, -0.15) is 0 Å². The second-order valence-corrected chi connectivity index (χ2v) is 8.71. The first-order valence-corrected chi connectivity index (χ1v) is 10.8. The van der Waals surface area contributed by atoms with E-state index in [1.165, 1.54) is 24.2 Å². The Labute approximate surface area is 169 Å². The van der Waals surface area contributed by atoms with Gasteiger partial charge in [-0.25, -0.2) is 4.98 Å². The summed E-state index contributed by atoms with van der Waals surface area (Å²) in [6.07, 6.45) is 5.13. The summed E-state index contributed by atoms with van der Waals surface area (Å²) in [5.41, 5.74) is 6.07. The van der Waals surface area contributed by atoms with Crippen molar-refractivity contribution in [2.75, 3.05) is 11.4 Å². The molecule has 2 aliphatic rings. The van der Waals surface area contributed by atoms with Crippen LogP contribution in [0.3, 0.4) is 0 Å². The Kier molecular flexibility index (Phi) is 6.64. The molecule has 0 bridgehead atoms. The molecule has 1 aromatic heterocycles. The van der Waals surface area contributed by atoms with Gasteiger partial charge < -0.3 is 5.32 Å². The van der Waals surface area contributed by atoms with Gasteiger partial charge in [-0.15, -0.1) is 11.3 Å². The smallest absolute Gasteiger partial charge is 0.244 e. The molecule has 1 aliphatic heterocycles. The predicted molar refractivity (Wildman–Crippen MR) is 110 cm³/mol. The lowest BCUT2D eigenvalue weighted by atomic mass is 9.78. The molecule has 3 atom stereocenters. The number of carbonyl (C=O) groups is 2. The van der Waals surface area contributed by atoms with Gasteiger partial charge in [0, 0.05) is 24.4 Å². The molecule has 0 aromatic carbocycles. The van der Waals surface area contributed by atoms with Crippen molar-refractivity contribution in [3.8, 4) is 0 Å². The number of carbonyl (C=O) groups excluding carboxylic acids is 2. The minimum absolute atomic E-state index is 0.102. The lowest BCUT2D eigenvalue weighted by molar-refractivity contribution is -0.121. The highest BCUT2D eigenvalue weighted by Crippen LogP contribution is 2.29. The average Bonchev–Trinajstić information content (AvgIpc) is 3.26. The van der Waals surface area contributed by atoms with Crippen LogP contribution in [0.1, 0.15) is 51.6 Å². The van der Waals surface area contributed by atoms with Gasteiger partial charge in [0.1, 0.15) is 0 Å². The van der Waals surface area contributed by atoms with Gasteiger partial charge in [-0.3, -0.25) is 25.3 Å². The maximum atomic E-state index is 12.1. The number of nitrogens with zero attached hydrogens (tertiary/aromatic N) is 2. The number of aromatic nitrogens is 1. The number of anilines is 1. The Hall–Kier alpha value is -1.74. The first-order valence-electron chi connectivity index (χ1n) is 9.54. The third-order valence-corrected chi connectivity index (χ3v) is 6.66. The first kappa shape index (κ1) is 20.0. The zero-order valence-corrected chi connectivity index (χ0v) is 17.4. The highest BCUT2D eigenvalue weighted by atomic mass is 32.1. The maximum absolute atomic E-state index is 12.1. The molecular formula is C18H27N5O2S2. The van der Waals surface area contributed by atoms with Gasteiger partial charge in [0.15, 0.2) is 10.2 Å². The van der Waals surface area contributed by atoms with Gasteiger partial charge >= 0.3 is 0 Å². The fourth-order valence-electron chi connectivity index (χ4n) is 3.68. The van der Waals surface area contributed by atoms with Crippen LogP contribution in [-0.2, 0) is 16.0 Å². The van der Waals surface area contributed by atoms with Crippen molar-refractivity contribution in [3.63, 3.8) is 0 Å². The normalized spacial score (nSPS) is 25.3. The molecule has 27 heavy (non-hydrogen) atoms. The number of thiazole rings is 1. The molecule has 3 rings (SSSR count). The second-order valence-electron chi connectivity index (χ2n) is 7.47. The van der Waals surface area contributed by atoms with E-state index in [2.05, 4.69) is 35.0 Å². The van der Waals surface area contributed by atoms with E-state index in [-0.39, 0.29) is 18.2 Å². The molecule has 0 radical (unpaired) electrons.